The lowest BCUT2D eigenvalue weighted by molar-refractivity contribution is -0.150. The number of ether oxygens (including phenoxy) is 1. The number of carbonyl (C=O) groups excluding carboxylic acids is 1. The number of fused-ring (bicyclic) bond motifs is 1. The molecule has 1 unspecified atom stereocenters. The fourth-order valence-electron chi connectivity index (χ4n) is 4.94. The predicted octanol–water partition coefficient (Wildman–Crippen LogP) is 4.90. The molecule has 1 N–H and O–H groups in total. The molecule has 0 saturated heterocycles. The summed E-state index contributed by atoms with van der Waals surface area (Å²) in [4.78, 5) is 31.8. The van der Waals surface area contributed by atoms with Crippen molar-refractivity contribution in [2.24, 2.45) is 0 Å². The van der Waals surface area contributed by atoms with E-state index in [0.717, 1.165) is 54.1 Å². The molecular formula is C29H33N3O4. The molecule has 1 atom stereocenters. The first-order valence-electron chi connectivity index (χ1n) is 12.5. The van der Waals surface area contributed by atoms with E-state index in [-0.39, 0.29) is 11.5 Å². The van der Waals surface area contributed by atoms with Crippen molar-refractivity contribution in [3.8, 4) is 11.1 Å². The average Bonchev–Trinajstić information content (AvgIpc) is 3.21. The molecule has 7 heteroatoms. The molecule has 0 radical (unpaired) electrons. The van der Waals surface area contributed by atoms with E-state index >= 15 is 0 Å². The summed E-state index contributed by atoms with van der Waals surface area (Å²) in [6.07, 6.45) is 4.35. The first-order chi connectivity index (χ1) is 17.5. The lowest BCUT2D eigenvalue weighted by Crippen LogP contribution is -2.41. The zero-order valence-electron chi connectivity index (χ0n) is 20.9. The fraction of sp³-hybridized carbons (Fsp3) is 0.345. The Morgan fingerprint density at radius 1 is 1.17 bits per heavy atom. The molecule has 3 aromatic rings. The molecule has 188 valence electrons. The van der Waals surface area contributed by atoms with E-state index in [2.05, 4.69) is 23.0 Å². The molecule has 0 bridgehead atoms. The standard InChI is InChI=1S/C29H33N3O4/c1-4-9-25-30-24-16-18-31(17-5-2)27(29(35)36-6-3)26(24)32(25)19-20-12-14-21(15-13-20)22-10-7-8-11-23(22)28(33)34/h5,7-8,10-15,27H,2,4,6,9,16-19H2,1,3H3,(H,33,34). The summed E-state index contributed by atoms with van der Waals surface area (Å²) in [6, 6.07) is 14.4. The van der Waals surface area contributed by atoms with E-state index < -0.39 is 12.0 Å². The summed E-state index contributed by atoms with van der Waals surface area (Å²) in [5, 5.41) is 9.56. The predicted molar refractivity (Wildman–Crippen MR) is 139 cm³/mol. The highest BCUT2D eigenvalue weighted by atomic mass is 16.5. The molecule has 1 aliphatic rings. The van der Waals surface area contributed by atoms with E-state index in [4.69, 9.17) is 9.72 Å². The Bertz CT molecular complexity index is 1250. The Morgan fingerprint density at radius 2 is 1.92 bits per heavy atom. The van der Waals surface area contributed by atoms with Crippen molar-refractivity contribution >= 4 is 11.9 Å². The van der Waals surface area contributed by atoms with Crippen LogP contribution in [0, 0.1) is 0 Å². The summed E-state index contributed by atoms with van der Waals surface area (Å²) in [7, 11) is 0. The van der Waals surface area contributed by atoms with Crippen LogP contribution in [-0.2, 0) is 28.9 Å². The Kier molecular flexibility index (Phi) is 8.00. The van der Waals surface area contributed by atoms with Crippen LogP contribution in [0.2, 0.25) is 0 Å². The summed E-state index contributed by atoms with van der Waals surface area (Å²) < 4.78 is 7.66. The van der Waals surface area contributed by atoms with Crippen molar-refractivity contribution in [1.29, 1.82) is 0 Å². The monoisotopic (exact) mass is 487 g/mol. The van der Waals surface area contributed by atoms with Crippen LogP contribution in [-0.4, -0.2) is 51.2 Å². The SMILES string of the molecule is C=CCN1CCc2nc(CCC)n(Cc3ccc(-c4ccccc4C(=O)O)cc3)c2C1C(=O)OCC. The normalized spacial score (nSPS) is 15.3. The van der Waals surface area contributed by atoms with Crippen LogP contribution in [0.4, 0.5) is 0 Å². The molecule has 0 saturated carbocycles. The number of esters is 1. The van der Waals surface area contributed by atoms with Crippen LogP contribution in [0.3, 0.4) is 0 Å². The number of carboxylic acids is 1. The van der Waals surface area contributed by atoms with Crippen LogP contribution in [0.15, 0.2) is 61.2 Å². The molecule has 2 aromatic carbocycles. The maximum absolute atomic E-state index is 13.1. The van der Waals surface area contributed by atoms with Gasteiger partial charge in [0.1, 0.15) is 5.82 Å². The average molecular weight is 488 g/mol. The minimum Gasteiger partial charge on any atom is -0.478 e. The second-order valence-electron chi connectivity index (χ2n) is 8.93. The van der Waals surface area contributed by atoms with Crippen molar-refractivity contribution in [2.45, 2.75) is 45.7 Å². The maximum Gasteiger partial charge on any atom is 0.336 e. The van der Waals surface area contributed by atoms with Crippen molar-refractivity contribution in [3.05, 3.63) is 89.5 Å². The number of aryl methyl sites for hydroxylation is 1. The third kappa shape index (κ3) is 5.11. The van der Waals surface area contributed by atoms with Gasteiger partial charge in [0, 0.05) is 32.5 Å². The van der Waals surface area contributed by atoms with E-state index in [9.17, 15) is 14.7 Å². The highest BCUT2D eigenvalue weighted by molar-refractivity contribution is 5.96. The van der Waals surface area contributed by atoms with Crippen molar-refractivity contribution in [3.63, 3.8) is 0 Å². The van der Waals surface area contributed by atoms with Gasteiger partial charge in [-0.25, -0.2) is 14.6 Å². The van der Waals surface area contributed by atoms with E-state index in [0.29, 0.717) is 25.3 Å². The highest BCUT2D eigenvalue weighted by Crippen LogP contribution is 2.33. The van der Waals surface area contributed by atoms with Gasteiger partial charge >= 0.3 is 11.9 Å². The number of aromatic nitrogens is 2. The van der Waals surface area contributed by atoms with Crippen molar-refractivity contribution in [1.82, 2.24) is 14.5 Å². The molecule has 0 amide bonds. The van der Waals surface area contributed by atoms with Gasteiger partial charge in [0.15, 0.2) is 6.04 Å². The van der Waals surface area contributed by atoms with Gasteiger partial charge in [-0.3, -0.25) is 4.90 Å². The minimum atomic E-state index is -0.946. The summed E-state index contributed by atoms with van der Waals surface area (Å²) in [6.45, 7) is 10.0. The van der Waals surface area contributed by atoms with Gasteiger partial charge in [-0.1, -0.05) is 55.5 Å². The molecule has 36 heavy (non-hydrogen) atoms. The fourth-order valence-corrected chi connectivity index (χ4v) is 4.94. The number of rotatable bonds is 10. The third-order valence-corrected chi connectivity index (χ3v) is 6.53. The molecule has 0 aliphatic carbocycles. The van der Waals surface area contributed by atoms with Gasteiger partial charge in [0.05, 0.1) is 23.6 Å². The topological polar surface area (TPSA) is 84.7 Å². The van der Waals surface area contributed by atoms with Gasteiger partial charge in [-0.2, -0.15) is 0 Å². The van der Waals surface area contributed by atoms with Gasteiger partial charge in [-0.05, 0) is 36.1 Å². The largest absolute Gasteiger partial charge is 0.478 e. The van der Waals surface area contributed by atoms with Gasteiger partial charge in [0.2, 0.25) is 0 Å². The van der Waals surface area contributed by atoms with Crippen LogP contribution in [0.1, 0.15) is 59.4 Å². The Balaban J connectivity index is 1.72. The first kappa shape index (κ1) is 25.4. The van der Waals surface area contributed by atoms with E-state index in [1.807, 2.05) is 49.4 Å². The second-order valence-corrected chi connectivity index (χ2v) is 8.93. The number of carbonyl (C=O) groups is 2. The van der Waals surface area contributed by atoms with Gasteiger partial charge in [-0.15, -0.1) is 6.58 Å². The number of nitrogens with zero attached hydrogens (tertiary/aromatic N) is 3. The molecule has 1 aliphatic heterocycles. The number of carboxylic acid groups (broad SMARTS) is 1. The second kappa shape index (κ2) is 11.4. The lowest BCUT2D eigenvalue weighted by Gasteiger charge is -2.34. The summed E-state index contributed by atoms with van der Waals surface area (Å²) >= 11 is 0. The van der Waals surface area contributed by atoms with Gasteiger partial charge in [0.25, 0.3) is 0 Å². The number of imidazole rings is 1. The molecule has 2 heterocycles. The van der Waals surface area contributed by atoms with Crippen molar-refractivity contribution in [2.75, 3.05) is 19.7 Å². The Labute approximate surface area is 212 Å². The summed E-state index contributed by atoms with van der Waals surface area (Å²) in [5.74, 6) is -0.235. The van der Waals surface area contributed by atoms with E-state index in [1.54, 1.807) is 12.1 Å². The number of aromatic carboxylic acids is 1. The number of hydrogen-bond donors (Lipinski definition) is 1. The zero-order chi connectivity index (χ0) is 25.7. The Morgan fingerprint density at radius 3 is 2.58 bits per heavy atom. The minimum absolute atomic E-state index is 0.259. The van der Waals surface area contributed by atoms with Crippen LogP contribution in [0.5, 0.6) is 0 Å². The molecule has 4 rings (SSSR count). The summed E-state index contributed by atoms with van der Waals surface area (Å²) in [5.41, 5.74) is 4.73. The third-order valence-electron chi connectivity index (χ3n) is 6.53. The highest BCUT2D eigenvalue weighted by Gasteiger charge is 2.38. The smallest absolute Gasteiger partial charge is 0.336 e. The van der Waals surface area contributed by atoms with Crippen molar-refractivity contribution < 1.29 is 19.4 Å². The lowest BCUT2D eigenvalue weighted by atomic mass is 9.98. The maximum atomic E-state index is 13.1. The van der Waals surface area contributed by atoms with Crippen LogP contribution in [0.25, 0.3) is 11.1 Å². The molecular weight excluding hydrogens is 454 g/mol. The van der Waals surface area contributed by atoms with Crippen LogP contribution < -0.4 is 0 Å². The first-order valence-corrected chi connectivity index (χ1v) is 12.5. The Hall–Kier alpha value is -3.71. The zero-order valence-corrected chi connectivity index (χ0v) is 20.9. The number of hydrogen-bond acceptors (Lipinski definition) is 5. The molecule has 1 aromatic heterocycles. The quantitative estimate of drug-likeness (QED) is 0.324. The molecule has 0 fully saturated rings. The molecule has 0 spiro atoms. The molecule has 7 nitrogen and oxygen atoms in total. The number of benzene rings is 2. The van der Waals surface area contributed by atoms with Gasteiger partial charge < -0.3 is 14.4 Å². The van der Waals surface area contributed by atoms with Crippen LogP contribution >= 0.6 is 0 Å². The van der Waals surface area contributed by atoms with E-state index in [1.165, 1.54) is 0 Å².